The third-order valence-corrected chi connectivity index (χ3v) is 6.28. The Morgan fingerprint density at radius 1 is 1.35 bits per heavy atom. The summed E-state index contributed by atoms with van der Waals surface area (Å²) >= 11 is 0. The second-order valence-corrected chi connectivity index (χ2v) is 7.95. The van der Waals surface area contributed by atoms with Gasteiger partial charge in [-0.25, -0.2) is 4.98 Å². The molecule has 1 saturated heterocycles. The quantitative estimate of drug-likeness (QED) is 0.869. The molecular weight excluding hydrogens is 332 g/mol. The van der Waals surface area contributed by atoms with Crippen LogP contribution in [0.4, 0.5) is 5.95 Å². The van der Waals surface area contributed by atoms with E-state index in [1.165, 1.54) is 12.8 Å². The highest BCUT2D eigenvalue weighted by Gasteiger charge is 2.49. The minimum Gasteiger partial charge on any atom is -0.389 e. The van der Waals surface area contributed by atoms with Crippen molar-refractivity contribution in [3.63, 3.8) is 0 Å². The lowest BCUT2D eigenvalue weighted by Crippen LogP contribution is -2.42. The Hall–Kier alpha value is -1.99. The number of hydrogen-bond acceptors (Lipinski definition) is 6. The molecule has 7 nitrogen and oxygen atoms in total. The molecule has 5 rings (SSSR count). The maximum absolute atomic E-state index is 12.8. The van der Waals surface area contributed by atoms with Gasteiger partial charge in [-0.3, -0.25) is 9.36 Å². The molecule has 26 heavy (non-hydrogen) atoms. The Bertz CT molecular complexity index is 912. The number of hydrogen-bond donors (Lipinski definition) is 2. The summed E-state index contributed by atoms with van der Waals surface area (Å²) in [5.74, 6) is 1.88. The molecule has 0 spiro atoms. The Labute approximate surface area is 151 Å². The molecule has 2 saturated carbocycles. The smallest absolute Gasteiger partial charge is 0.252 e. The summed E-state index contributed by atoms with van der Waals surface area (Å²) < 4.78 is 7.17. The number of rotatable bonds is 3. The maximum atomic E-state index is 12.8. The first-order chi connectivity index (χ1) is 12.6. The average Bonchev–Trinajstić information content (AvgIpc) is 3.29. The molecule has 0 bridgehead atoms. The zero-order chi connectivity index (χ0) is 17.8. The van der Waals surface area contributed by atoms with Gasteiger partial charge in [-0.05, 0) is 50.0 Å². The number of aromatic nitrogens is 3. The van der Waals surface area contributed by atoms with Crippen molar-refractivity contribution in [2.24, 2.45) is 11.8 Å². The van der Waals surface area contributed by atoms with E-state index in [1.54, 1.807) is 12.3 Å². The van der Waals surface area contributed by atoms with Crippen molar-refractivity contribution in [1.82, 2.24) is 14.5 Å². The van der Waals surface area contributed by atoms with Gasteiger partial charge in [-0.1, -0.05) is 0 Å². The van der Waals surface area contributed by atoms with Crippen LogP contribution in [-0.4, -0.2) is 45.0 Å². The zero-order valence-electron chi connectivity index (χ0n) is 14.9. The molecule has 2 aromatic rings. The predicted octanol–water partition coefficient (Wildman–Crippen LogP) is 1.63. The Kier molecular flexibility index (Phi) is 3.76. The molecule has 3 fully saturated rings. The van der Waals surface area contributed by atoms with Crippen LogP contribution in [0.1, 0.15) is 37.3 Å². The van der Waals surface area contributed by atoms with E-state index in [0.717, 1.165) is 23.3 Å². The molecule has 2 aliphatic carbocycles. The number of anilines is 1. The summed E-state index contributed by atoms with van der Waals surface area (Å²) in [6, 6.07) is 1.83. The van der Waals surface area contributed by atoms with E-state index < -0.39 is 6.10 Å². The Balaban J connectivity index is 1.56. The first-order valence-electron chi connectivity index (χ1n) is 9.53. The molecule has 138 valence electrons. The summed E-state index contributed by atoms with van der Waals surface area (Å²) in [7, 11) is 0. The van der Waals surface area contributed by atoms with Crippen molar-refractivity contribution in [3.8, 4) is 0 Å². The third kappa shape index (κ3) is 2.61. The standard InChI is InChI=1S/C19H24N4O3/c1-10-6-17(25)23(15-3-2-11-7-12(11)15)18-13(10)8-20-19(22-18)21-14-4-5-26-9-16(14)24/h6,8,11-12,14-16,24H,2-5,7,9H2,1H3,(H,20,21,22)/t11-,12+,14-,15-,16-/m1/s1. The van der Waals surface area contributed by atoms with Gasteiger partial charge >= 0.3 is 0 Å². The summed E-state index contributed by atoms with van der Waals surface area (Å²) in [5.41, 5.74) is 1.65. The number of nitrogens with one attached hydrogen (secondary N) is 1. The van der Waals surface area contributed by atoms with Crippen LogP contribution >= 0.6 is 0 Å². The van der Waals surface area contributed by atoms with Gasteiger partial charge in [0.2, 0.25) is 5.95 Å². The highest BCUT2D eigenvalue weighted by Crippen LogP contribution is 2.57. The number of ether oxygens (including phenoxy) is 1. The van der Waals surface area contributed by atoms with Gasteiger partial charge < -0.3 is 15.2 Å². The van der Waals surface area contributed by atoms with Crippen molar-refractivity contribution >= 4 is 17.0 Å². The summed E-state index contributed by atoms with van der Waals surface area (Å²) in [6.07, 6.45) is 5.42. The van der Waals surface area contributed by atoms with Crippen LogP contribution in [0, 0.1) is 18.8 Å². The van der Waals surface area contributed by atoms with E-state index >= 15 is 0 Å². The number of aliphatic hydroxyl groups is 1. The topological polar surface area (TPSA) is 89.3 Å². The van der Waals surface area contributed by atoms with Crippen LogP contribution in [0.15, 0.2) is 17.1 Å². The Morgan fingerprint density at radius 2 is 2.23 bits per heavy atom. The summed E-state index contributed by atoms with van der Waals surface area (Å²) in [5, 5.41) is 14.3. The molecule has 1 aliphatic heterocycles. The van der Waals surface area contributed by atoms with E-state index in [-0.39, 0.29) is 17.6 Å². The molecule has 0 aromatic carbocycles. The lowest BCUT2D eigenvalue weighted by molar-refractivity contribution is -0.0136. The van der Waals surface area contributed by atoms with Gasteiger partial charge in [0.25, 0.3) is 5.56 Å². The highest BCUT2D eigenvalue weighted by molar-refractivity contribution is 5.79. The van der Waals surface area contributed by atoms with Crippen LogP contribution in [0.3, 0.4) is 0 Å². The van der Waals surface area contributed by atoms with Crippen LogP contribution in [0.25, 0.3) is 11.0 Å². The van der Waals surface area contributed by atoms with Gasteiger partial charge in [-0.2, -0.15) is 4.98 Å². The molecule has 3 aliphatic rings. The van der Waals surface area contributed by atoms with Crippen molar-refractivity contribution in [3.05, 3.63) is 28.2 Å². The van der Waals surface area contributed by atoms with E-state index in [4.69, 9.17) is 9.72 Å². The minimum atomic E-state index is -0.579. The van der Waals surface area contributed by atoms with Crippen LogP contribution < -0.4 is 10.9 Å². The largest absolute Gasteiger partial charge is 0.389 e. The summed E-state index contributed by atoms with van der Waals surface area (Å²) in [6.45, 7) is 2.86. The number of fused-ring (bicyclic) bond motifs is 2. The van der Waals surface area contributed by atoms with Gasteiger partial charge in [0.05, 0.1) is 18.8 Å². The van der Waals surface area contributed by atoms with Gasteiger partial charge in [0.15, 0.2) is 0 Å². The van der Waals surface area contributed by atoms with E-state index in [9.17, 15) is 9.90 Å². The molecule has 0 radical (unpaired) electrons. The van der Waals surface area contributed by atoms with Crippen molar-refractivity contribution in [2.75, 3.05) is 18.5 Å². The third-order valence-electron chi connectivity index (χ3n) is 6.28. The van der Waals surface area contributed by atoms with E-state index in [1.807, 2.05) is 11.5 Å². The van der Waals surface area contributed by atoms with Crippen molar-refractivity contribution in [2.45, 2.75) is 50.8 Å². The molecule has 5 atom stereocenters. The number of nitrogens with zero attached hydrogens (tertiary/aromatic N) is 3. The molecule has 7 heteroatoms. The number of aryl methyl sites for hydroxylation is 1. The fourth-order valence-electron chi connectivity index (χ4n) is 4.71. The molecular formula is C19H24N4O3. The summed E-state index contributed by atoms with van der Waals surface area (Å²) in [4.78, 5) is 21.9. The molecule has 0 unspecified atom stereocenters. The van der Waals surface area contributed by atoms with Crippen LogP contribution in [0.2, 0.25) is 0 Å². The zero-order valence-corrected chi connectivity index (χ0v) is 14.9. The molecule has 3 heterocycles. The number of aliphatic hydroxyl groups excluding tert-OH is 1. The predicted molar refractivity (Wildman–Crippen MR) is 97.3 cm³/mol. The normalized spacial score (nSPS) is 33.2. The van der Waals surface area contributed by atoms with E-state index in [0.29, 0.717) is 37.1 Å². The maximum Gasteiger partial charge on any atom is 0.252 e. The first kappa shape index (κ1) is 16.2. The van der Waals surface area contributed by atoms with Gasteiger partial charge in [0, 0.05) is 30.3 Å². The Morgan fingerprint density at radius 3 is 2.96 bits per heavy atom. The SMILES string of the molecule is Cc1cc(=O)n([C@@H]2CC[C@@H]3C[C@@H]32)c2nc(N[C@@H]3CCOC[C@H]3O)ncc12. The fourth-order valence-corrected chi connectivity index (χ4v) is 4.71. The highest BCUT2D eigenvalue weighted by atomic mass is 16.5. The van der Waals surface area contributed by atoms with Crippen molar-refractivity contribution < 1.29 is 9.84 Å². The van der Waals surface area contributed by atoms with Gasteiger partial charge in [0.1, 0.15) is 5.65 Å². The van der Waals surface area contributed by atoms with Crippen LogP contribution in [-0.2, 0) is 4.74 Å². The second kappa shape index (κ2) is 6.03. The van der Waals surface area contributed by atoms with E-state index in [2.05, 4.69) is 10.3 Å². The monoisotopic (exact) mass is 356 g/mol. The first-order valence-corrected chi connectivity index (χ1v) is 9.53. The fraction of sp³-hybridized carbons (Fsp3) is 0.632. The lowest BCUT2D eigenvalue weighted by Gasteiger charge is -2.28. The lowest BCUT2D eigenvalue weighted by atomic mass is 10.1. The van der Waals surface area contributed by atoms with Crippen LogP contribution in [0.5, 0.6) is 0 Å². The second-order valence-electron chi connectivity index (χ2n) is 7.95. The molecule has 2 N–H and O–H groups in total. The van der Waals surface area contributed by atoms with Gasteiger partial charge in [-0.15, -0.1) is 0 Å². The minimum absolute atomic E-state index is 0.0308. The average molecular weight is 356 g/mol. The molecule has 0 amide bonds. The van der Waals surface area contributed by atoms with Crippen molar-refractivity contribution in [1.29, 1.82) is 0 Å². The number of pyridine rings is 1. The molecule has 2 aromatic heterocycles.